The maximum atomic E-state index is 13.2. The minimum absolute atomic E-state index is 0.144. The molecule has 1 fully saturated rings. The summed E-state index contributed by atoms with van der Waals surface area (Å²) >= 11 is 0. The first-order valence-electron chi connectivity index (χ1n) is 4.42. The van der Waals surface area contributed by atoms with E-state index in [1.165, 1.54) is 0 Å². The van der Waals surface area contributed by atoms with Crippen LogP contribution < -0.4 is 0 Å². The van der Waals surface area contributed by atoms with Gasteiger partial charge in [-0.2, -0.15) is 0 Å². The summed E-state index contributed by atoms with van der Waals surface area (Å²) in [4.78, 5) is 0. The topological polar surface area (TPSA) is 0 Å². The van der Waals surface area contributed by atoms with Crippen molar-refractivity contribution in [1.29, 1.82) is 0 Å². The molecular formula is C12H11F. The summed E-state index contributed by atoms with van der Waals surface area (Å²) in [5.41, 5.74) is 1.49. The summed E-state index contributed by atoms with van der Waals surface area (Å²) < 4.78 is 13.2. The average Bonchev–Trinajstić information content (AvgIpc) is 2.90. The summed E-state index contributed by atoms with van der Waals surface area (Å²) in [6.45, 7) is 1.76. The lowest BCUT2D eigenvalue weighted by Gasteiger charge is -2.08. The van der Waals surface area contributed by atoms with Gasteiger partial charge in [0.1, 0.15) is 5.82 Å². The van der Waals surface area contributed by atoms with Crippen LogP contribution in [-0.2, 0) is 5.41 Å². The van der Waals surface area contributed by atoms with E-state index < -0.39 is 0 Å². The molecule has 0 aliphatic heterocycles. The van der Waals surface area contributed by atoms with E-state index in [0.29, 0.717) is 5.56 Å². The smallest absolute Gasteiger partial charge is 0.126 e. The molecule has 0 bridgehead atoms. The van der Waals surface area contributed by atoms with Crippen molar-refractivity contribution in [2.45, 2.75) is 25.2 Å². The maximum Gasteiger partial charge on any atom is 0.126 e. The van der Waals surface area contributed by atoms with Crippen LogP contribution in [0, 0.1) is 25.1 Å². The minimum Gasteiger partial charge on any atom is -0.207 e. The standard InChI is InChI=1S/C12H11F/c1-3-12(6-7-12)10-5-4-9(2)11(13)8-10/h1,4-5,8H,6-7H2,2H3. The molecule has 1 heteroatoms. The van der Waals surface area contributed by atoms with Crippen molar-refractivity contribution < 1.29 is 4.39 Å². The van der Waals surface area contributed by atoms with Crippen molar-refractivity contribution >= 4 is 0 Å². The minimum atomic E-state index is -0.154. The molecule has 0 nitrogen and oxygen atoms in total. The highest BCUT2D eigenvalue weighted by atomic mass is 19.1. The van der Waals surface area contributed by atoms with Gasteiger partial charge in [0, 0.05) is 0 Å². The number of hydrogen-bond donors (Lipinski definition) is 0. The maximum absolute atomic E-state index is 13.2. The zero-order valence-corrected chi connectivity index (χ0v) is 7.60. The molecule has 0 heterocycles. The van der Waals surface area contributed by atoms with Crippen LogP contribution in [0.15, 0.2) is 18.2 Å². The zero-order chi connectivity index (χ0) is 9.47. The fourth-order valence-corrected chi connectivity index (χ4v) is 1.53. The third-order valence-corrected chi connectivity index (χ3v) is 2.75. The SMILES string of the molecule is C#CC1(c2ccc(C)c(F)c2)CC1. The fourth-order valence-electron chi connectivity index (χ4n) is 1.53. The van der Waals surface area contributed by atoms with Gasteiger partial charge < -0.3 is 0 Å². The molecule has 1 aliphatic carbocycles. The van der Waals surface area contributed by atoms with Gasteiger partial charge in [-0.1, -0.05) is 18.1 Å². The van der Waals surface area contributed by atoms with E-state index in [-0.39, 0.29) is 11.2 Å². The predicted octanol–water partition coefficient (Wildman–Crippen LogP) is 2.80. The Labute approximate surface area is 77.8 Å². The molecule has 1 aliphatic rings. The van der Waals surface area contributed by atoms with Gasteiger partial charge in [0.2, 0.25) is 0 Å². The first-order valence-corrected chi connectivity index (χ1v) is 4.42. The second kappa shape index (κ2) is 2.60. The summed E-state index contributed by atoms with van der Waals surface area (Å²) in [7, 11) is 0. The molecule has 1 saturated carbocycles. The van der Waals surface area contributed by atoms with E-state index in [4.69, 9.17) is 6.42 Å². The first-order chi connectivity index (χ1) is 6.18. The van der Waals surface area contributed by atoms with Gasteiger partial charge in [-0.3, -0.25) is 0 Å². The molecule has 0 spiro atoms. The molecule has 1 aromatic carbocycles. The van der Waals surface area contributed by atoms with Gasteiger partial charge in [-0.15, -0.1) is 6.42 Å². The molecule has 0 unspecified atom stereocenters. The van der Waals surface area contributed by atoms with Gasteiger partial charge in [-0.25, -0.2) is 4.39 Å². The molecule has 0 atom stereocenters. The number of terminal acetylenes is 1. The van der Waals surface area contributed by atoms with Crippen LogP contribution in [0.2, 0.25) is 0 Å². The monoisotopic (exact) mass is 174 g/mol. The number of halogens is 1. The fraction of sp³-hybridized carbons (Fsp3) is 0.333. The molecule has 0 N–H and O–H groups in total. The van der Waals surface area contributed by atoms with Crippen molar-refractivity contribution in [3.63, 3.8) is 0 Å². The second-order valence-electron chi connectivity index (χ2n) is 3.69. The van der Waals surface area contributed by atoms with Crippen LogP contribution in [-0.4, -0.2) is 0 Å². The molecule has 13 heavy (non-hydrogen) atoms. The van der Waals surface area contributed by atoms with Crippen molar-refractivity contribution in [1.82, 2.24) is 0 Å². The van der Waals surface area contributed by atoms with Crippen molar-refractivity contribution in [2.24, 2.45) is 0 Å². The van der Waals surface area contributed by atoms with Crippen LogP contribution in [0.3, 0.4) is 0 Å². The third kappa shape index (κ3) is 1.23. The van der Waals surface area contributed by atoms with Crippen LogP contribution in [0.5, 0.6) is 0 Å². The van der Waals surface area contributed by atoms with E-state index >= 15 is 0 Å². The molecule has 66 valence electrons. The Morgan fingerprint density at radius 1 is 1.46 bits per heavy atom. The van der Waals surface area contributed by atoms with Gasteiger partial charge in [-0.05, 0) is 37.0 Å². The predicted molar refractivity (Wildman–Crippen MR) is 50.9 cm³/mol. The Hall–Kier alpha value is -1.29. The summed E-state index contributed by atoms with van der Waals surface area (Å²) in [5.74, 6) is 2.60. The van der Waals surface area contributed by atoms with E-state index in [2.05, 4.69) is 5.92 Å². The Balaban J connectivity index is 2.44. The van der Waals surface area contributed by atoms with Crippen LogP contribution in [0.4, 0.5) is 4.39 Å². The van der Waals surface area contributed by atoms with Gasteiger partial charge in [0.25, 0.3) is 0 Å². The number of benzene rings is 1. The van der Waals surface area contributed by atoms with Crippen molar-refractivity contribution in [2.75, 3.05) is 0 Å². The van der Waals surface area contributed by atoms with E-state index in [1.807, 2.05) is 6.07 Å². The number of hydrogen-bond acceptors (Lipinski definition) is 0. The highest BCUT2D eigenvalue weighted by Crippen LogP contribution is 2.47. The summed E-state index contributed by atoms with van der Waals surface area (Å²) in [6.07, 6.45) is 7.40. The largest absolute Gasteiger partial charge is 0.207 e. The lowest BCUT2D eigenvalue weighted by atomic mass is 9.96. The second-order valence-corrected chi connectivity index (χ2v) is 3.69. The van der Waals surface area contributed by atoms with Crippen LogP contribution >= 0.6 is 0 Å². The summed E-state index contributed by atoms with van der Waals surface area (Å²) in [5, 5.41) is 0. The zero-order valence-electron chi connectivity index (χ0n) is 7.60. The lowest BCUT2D eigenvalue weighted by Crippen LogP contribution is -2.03. The normalized spacial score (nSPS) is 17.9. The van der Waals surface area contributed by atoms with Gasteiger partial charge in [0.15, 0.2) is 0 Å². The van der Waals surface area contributed by atoms with E-state index in [1.54, 1.807) is 19.1 Å². The third-order valence-electron chi connectivity index (χ3n) is 2.75. The van der Waals surface area contributed by atoms with Gasteiger partial charge >= 0.3 is 0 Å². The van der Waals surface area contributed by atoms with Crippen LogP contribution in [0.25, 0.3) is 0 Å². The average molecular weight is 174 g/mol. The number of aryl methyl sites for hydroxylation is 1. The molecule has 0 aromatic heterocycles. The van der Waals surface area contributed by atoms with E-state index in [9.17, 15) is 4.39 Å². The first kappa shape index (κ1) is 8.31. The molecular weight excluding hydrogens is 163 g/mol. The van der Waals surface area contributed by atoms with Crippen molar-refractivity contribution in [3.8, 4) is 12.3 Å². The highest BCUT2D eigenvalue weighted by Gasteiger charge is 2.42. The Bertz CT molecular complexity index is 381. The molecule has 0 saturated heterocycles. The van der Waals surface area contributed by atoms with Gasteiger partial charge in [0.05, 0.1) is 5.41 Å². The lowest BCUT2D eigenvalue weighted by molar-refractivity contribution is 0.614. The molecule has 2 rings (SSSR count). The quantitative estimate of drug-likeness (QED) is 0.574. The van der Waals surface area contributed by atoms with Crippen molar-refractivity contribution in [3.05, 3.63) is 35.1 Å². The molecule has 0 radical (unpaired) electrons. The van der Waals surface area contributed by atoms with Crippen LogP contribution in [0.1, 0.15) is 24.0 Å². The number of rotatable bonds is 1. The van der Waals surface area contributed by atoms with E-state index in [0.717, 1.165) is 18.4 Å². The Morgan fingerprint density at radius 2 is 2.15 bits per heavy atom. The summed E-state index contributed by atoms with van der Waals surface area (Å²) in [6, 6.07) is 5.30. The Kier molecular flexibility index (Phi) is 1.66. The highest BCUT2D eigenvalue weighted by molar-refractivity contribution is 5.41. The Morgan fingerprint density at radius 3 is 2.62 bits per heavy atom. The molecule has 1 aromatic rings. The molecule has 0 amide bonds.